The molecule has 0 aromatic heterocycles. The molecule has 2 heterocycles. The zero-order valence-corrected chi connectivity index (χ0v) is 12.1. The van der Waals surface area contributed by atoms with Crippen molar-refractivity contribution in [2.75, 3.05) is 7.11 Å². The van der Waals surface area contributed by atoms with Crippen LogP contribution in [0.15, 0.2) is 11.5 Å². The highest BCUT2D eigenvalue weighted by Crippen LogP contribution is 2.46. The lowest BCUT2D eigenvalue weighted by atomic mass is 9.89. The van der Waals surface area contributed by atoms with Crippen LogP contribution in [0.5, 0.6) is 0 Å². The summed E-state index contributed by atoms with van der Waals surface area (Å²) in [5.41, 5.74) is -0.877. The quantitative estimate of drug-likeness (QED) is 0.542. The maximum Gasteiger partial charge on any atom is 0.356 e. The molecule has 0 aliphatic carbocycles. The van der Waals surface area contributed by atoms with Gasteiger partial charge in [-0.1, -0.05) is 20.8 Å². The molecular weight excluding hydrogens is 282 g/mol. The van der Waals surface area contributed by atoms with Crippen LogP contribution in [-0.4, -0.2) is 52.4 Å². The summed E-state index contributed by atoms with van der Waals surface area (Å²) in [5, 5.41) is 19.1. The Balaban J connectivity index is 2.33. The average Bonchev–Trinajstić information content (AvgIpc) is 2.73. The number of carboxylic acids is 1. The maximum absolute atomic E-state index is 12.1. The molecule has 0 aromatic carbocycles. The van der Waals surface area contributed by atoms with Gasteiger partial charge in [0.25, 0.3) is 0 Å². The van der Waals surface area contributed by atoms with E-state index in [4.69, 9.17) is 4.74 Å². The van der Waals surface area contributed by atoms with Crippen molar-refractivity contribution in [3.8, 4) is 0 Å². The number of carboxylic acid groups (broad SMARTS) is 1. The van der Waals surface area contributed by atoms with Crippen molar-refractivity contribution >= 4 is 17.8 Å². The number of esters is 1. The highest BCUT2D eigenvalue weighted by molar-refractivity contribution is 6.00. The summed E-state index contributed by atoms with van der Waals surface area (Å²) >= 11 is 0. The predicted molar refractivity (Wildman–Crippen MR) is 67.3 cm³/mol. The van der Waals surface area contributed by atoms with Crippen LogP contribution in [0.3, 0.4) is 0 Å². The minimum Gasteiger partial charge on any atom is -0.476 e. The lowest BCUT2D eigenvalue weighted by Crippen LogP contribution is -2.64. The van der Waals surface area contributed by atoms with Gasteiger partial charge < -0.3 is 19.7 Å². The Labute approximate surface area is 120 Å². The zero-order valence-electron chi connectivity index (χ0n) is 12.1. The fourth-order valence-corrected chi connectivity index (χ4v) is 2.43. The van der Waals surface area contributed by atoms with Crippen molar-refractivity contribution in [2.24, 2.45) is 11.3 Å². The molecule has 0 aromatic rings. The van der Waals surface area contributed by atoms with E-state index in [0.29, 0.717) is 0 Å². The number of β-lactam (4-membered cyclic amide) rings is 1. The van der Waals surface area contributed by atoms with E-state index < -0.39 is 41.5 Å². The molecular formula is C13H17NO7. The molecule has 0 unspecified atom stereocenters. The molecule has 116 valence electrons. The van der Waals surface area contributed by atoms with Crippen LogP contribution in [0.4, 0.5) is 0 Å². The summed E-state index contributed by atoms with van der Waals surface area (Å²) in [6.45, 7) is 5.23. The fourth-order valence-electron chi connectivity index (χ4n) is 2.43. The number of hydrogen-bond acceptors (Lipinski definition) is 6. The van der Waals surface area contributed by atoms with Gasteiger partial charge in [-0.3, -0.25) is 9.69 Å². The third kappa shape index (κ3) is 2.15. The highest BCUT2D eigenvalue weighted by atomic mass is 16.5. The molecule has 0 spiro atoms. The van der Waals surface area contributed by atoms with Crippen LogP contribution in [0.2, 0.25) is 0 Å². The summed E-state index contributed by atoms with van der Waals surface area (Å²) in [6, 6.07) is 0. The van der Waals surface area contributed by atoms with Crippen LogP contribution in [0.25, 0.3) is 0 Å². The first-order valence-corrected chi connectivity index (χ1v) is 6.35. The summed E-state index contributed by atoms with van der Waals surface area (Å²) in [7, 11) is 1.09. The molecule has 2 aliphatic rings. The minimum absolute atomic E-state index is 0.146. The molecule has 8 nitrogen and oxygen atoms in total. The molecule has 21 heavy (non-hydrogen) atoms. The van der Waals surface area contributed by atoms with Crippen LogP contribution in [0, 0.1) is 11.3 Å². The molecule has 0 radical (unpaired) electrons. The highest BCUT2D eigenvalue weighted by Gasteiger charge is 2.62. The van der Waals surface area contributed by atoms with Crippen LogP contribution in [-0.2, 0) is 23.9 Å². The predicted octanol–water partition coefficient (Wildman–Crippen LogP) is -0.323. The number of hydrogen-bond donors (Lipinski definition) is 2. The molecule has 1 fully saturated rings. The molecule has 2 rings (SSSR count). The Morgan fingerprint density at radius 2 is 1.95 bits per heavy atom. The monoisotopic (exact) mass is 299 g/mol. The first-order chi connectivity index (χ1) is 9.61. The number of ether oxygens (including phenoxy) is 2. The van der Waals surface area contributed by atoms with E-state index in [9.17, 15) is 24.6 Å². The van der Waals surface area contributed by atoms with Crippen molar-refractivity contribution in [1.82, 2.24) is 4.90 Å². The van der Waals surface area contributed by atoms with Gasteiger partial charge in [0.1, 0.15) is 11.7 Å². The number of carbonyl (C=O) groups excluding carboxylic acids is 2. The third-order valence-electron chi connectivity index (χ3n) is 3.45. The summed E-state index contributed by atoms with van der Waals surface area (Å²) in [5.74, 6) is -3.94. The van der Waals surface area contributed by atoms with Gasteiger partial charge in [0.2, 0.25) is 5.91 Å². The molecule has 3 atom stereocenters. The van der Waals surface area contributed by atoms with Crippen molar-refractivity contribution in [3.63, 3.8) is 0 Å². The third-order valence-corrected chi connectivity index (χ3v) is 3.45. The molecule has 8 heteroatoms. The second-order valence-electron chi connectivity index (χ2n) is 5.94. The number of rotatable bonds is 3. The van der Waals surface area contributed by atoms with Gasteiger partial charge in [0, 0.05) is 5.41 Å². The maximum atomic E-state index is 12.1. The van der Waals surface area contributed by atoms with E-state index in [2.05, 4.69) is 4.74 Å². The molecule has 1 amide bonds. The Kier molecular flexibility index (Phi) is 3.45. The van der Waals surface area contributed by atoms with Gasteiger partial charge in [0.15, 0.2) is 18.0 Å². The van der Waals surface area contributed by atoms with Crippen LogP contribution in [0.1, 0.15) is 20.8 Å². The number of aliphatic hydroxyl groups is 1. The van der Waals surface area contributed by atoms with E-state index >= 15 is 0 Å². The summed E-state index contributed by atoms with van der Waals surface area (Å²) < 4.78 is 9.92. The number of carbonyl (C=O) groups is 3. The topological polar surface area (TPSA) is 113 Å². The van der Waals surface area contributed by atoms with E-state index in [0.717, 1.165) is 12.0 Å². The number of aliphatic hydroxyl groups excluding tert-OH is 1. The first kappa shape index (κ1) is 15.3. The Bertz CT molecular complexity index is 545. The van der Waals surface area contributed by atoms with Gasteiger partial charge >= 0.3 is 11.9 Å². The molecule has 2 aliphatic heterocycles. The fraction of sp³-hybridized carbons (Fsp3) is 0.615. The largest absolute Gasteiger partial charge is 0.476 e. The van der Waals surface area contributed by atoms with Gasteiger partial charge in [-0.05, 0) is 0 Å². The lowest BCUT2D eigenvalue weighted by molar-refractivity contribution is -0.192. The second-order valence-corrected chi connectivity index (χ2v) is 5.94. The van der Waals surface area contributed by atoms with E-state index in [1.54, 1.807) is 20.8 Å². The number of aliphatic carboxylic acids is 1. The van der Waals surface area contributed by atoms with E-state index in [1.807, 2.05) is 0 Å². The van der Waals surface area contributed by atoms with Crippen molar-refractivity contribution < 1.29 is 34.1 Å². The second kappa shape index (κ2) is 4.73. The van der Waals surface area contributed by atoms with Gasteiger partial charge in [0.05, 0.1) is 7.11 Å². The average molecular weight is 299 g/mol. The van der Waals surface area contributed by atoms with Crippen LogP contribution >= 0.6 is 0 Å². The van der Waals surface area contributed by atoms with Gasteiger partial charge in [-0.15, -0.1) is 0 Å². The smallest absolute Gasteiger partial charge is 0.356 e. The number of allylic oxidation sites excluding steroid dienone is 1. The normalized spacial score (nSPS) is 26.0. The van der Waals surface area contributed by atoms with Crippen molar-refractivity contribution in [2.45, 2.75) is 33.1 Å². The lowest BCUT2D eigenvalue weighted by Gasteiger charge is -2.42. The minimum atomic E-state index is -1.68. The van der Waals surface area contributed by atoms with Crippen LogP contribution < -0.4 is 0 Å². The Morgan fingerprint density at radius 1 is 1.38 bits per heavy atom. The molecule has 0 saturated carbocycles. The SMILES string of the molecule is COC(=O)[C@H](O)[C@H]1C(=O)N2C(C(=O)O)=C(C(C)(C)C)O[C@H]12. The number of nitrogens with zero attached hydrogens (tertiary/aromatic N) is 1. The Hall–Kier alpha value is -2.09. The Morgan fingerprint density at radius 3 is 2.38 bits per heavy atom. The molecule has 2 N–H and O–H groups in total. The molecule has 1 saturated heterocycles. The van der Waals surface area contributed by atoms with Crippen molar-refractivity contribution in [3.05, 3.63) is 11.5 Å². The van der Waals surface area contributed by atoms with Crippen molar-refractivity contribution in [1.29, 1.82) is 0 Å². The first-order valence-electron chi connectivity index (χ1n) is 6.35. The standard InChI is InChI=1S/C13H17NO7/c1-13(2,3)8-6(11(17)18)14-9(16)5(10(14)21-8)7(15)12(19)20-4/h5,7,10,15H,1-4H3,(H,17,18)/t5-,7+,10+/m0/s1. The van der Waals surface area contributed by atoms with E-state index in [1.165, 1.54) is 0 Å². The van der Waals surface area contributed by atoms with Gasteiger partial charge in [-0.2, -0.15) is 0 Å². The van der Waals surface area contributed by atoms with Gasteiger partial charge in [-0.25, -0.2) is 9.59 Å². The summed E-state index contributed by atoms with van der Waals surface area (Å²) in [4.78, 5) is 35.8. The molecule has 0 bridgehead atoms. The number of methoxy groups -OCH3 is 1. The summed E-state index contributed by atoms with van der Waals surface area (Å²) in [6.07, 6.45) is -2.68. The van der Waals surface area contributed by atoms with E-state index in [-0.39, 0.29) is 11.5 Å². The zero-order chi connectivity index (χ0) is 16.1. The number of amides is 1. The number of fused-ring (bicyclic) bond motifs is 1.